The van der Waals surface area contributed by atoms with Crippen LogP contribution in [0, 0.1) is 0 Å². The van der Waals surface area contributed by atoms with E-state index in [1.54, 1.807) is 0 Å². The van der Waals surface area contributed by atoms with Gasteiger partial charge in [0.2, 0.25) is 5.91 Å². The first-order chi connectivity index (χ1) is 16.9. The molecular weight excluding hydrogens is 461 g/mol. The van der Waals surface area contributed by atoms with E-state index >= 15 is 0 Å². The number of nitrogens with zero attached hydrogens (tertiary/aromatic N) is 1. The molecular formula is C29H59N3NaO3. The molecule has 0 aromatic rings. The second kappa shape index (κ2) is 26.5. The quantitative estimate of drug-likeness (QED) is 0.0463. The molecule has 0 unspecified atom stereocenters. The van der Waals surface area contributed by atoms with Crippen LogP contribution in [0.25, 0.3) is 0 Å². The van der Waals surface area contributed by atoms with Gasteiger partial charge in [-0.25, -0.2) is 5.01 Å². The predicted molar refractivity (Wildman–Crippen MR) is 154 cm³/mol. The van der Waals surface area contributed by atoms with Crippen LogP contribution < -0.4 is 11.6 Å². The Morgan fingerprint density at radius 2 is 1.00 bits per heavy atom. The molecule has 0 rings (SSSR count). The zero-order valence-electron chi connectivity index (χ0n) is 24.3. The third-order valence-corrected chi connectivity index (χ3v) is 7.43. The molecule has 1 amide bonds. The van der Waals surface area contributed by atoms with Crippen molar-refractivity contribution in [3.05, 3.63) is 0 Å². The molecule has 0 aliphatic carbocycles. The van der Waals surface area contributed by atoms with E-state index in [1.165, 1.54) is 101 Å². The van der Waals surface area contributed by atoms with Gasteiger partial charge in [-0.15, -0.1) is 0 Å². The van der Waals surface area contributed by atoms with Gasteiger partial charge in [-0.1, -0.05) is 136 Å². The summed E-state index contributed by atoms with van der Waals surface area (Å²) in [5.74, 6) is 4.98. The van der Waals surface area contributed by atoms with Gasteiger partial charge in [-0.05, 0) is 19.3 Å². The topological polar surface area (TPSA) is 110 Å². The molecule has 0 aliphatic rings. The number of hydrogen-bond donors (Lipinski definition) is 3. The van der Waals surface area contributed by atoms with Gasteiger partial charge in [0.05, 0.1) is 0 Å². The Kier molecular flexibility index (Phi) is 27.9. The van der Waals surface area contributed by atoms with Gasteiger partial charge >= 0.3 is 5.97 Å². The molecule has 0 saturated carbocycles. The number of carbonyl (C=O) groups is 2. The van der Waals surface area contributed by atoms with Crippen LogP contribution in [0.5, 0.6) is 0 Å². The van der Waals surface area contributed by atoms with Gasteiger partial charge in [-0.3, -0.25) is 15.4 Å². The SMILES string of the molecule is CCCCCCCCCCCCN(N)[C@@](CCCCCCCCCCCC)(CCC(N)=O)C(=O)O.[Na]. The molecule has 5 N–H and O–H groups in total. The van der Waals surface area contributed by atoms with Crippen molar-refractivity contribution in [1.82, 2.24) is 5.01 Å². The third kappa shape index (κ3) is 19.9. The Morgan fingerprint density at radius 1 is 0.639 bits per heavy atom. The van der Waals surface area contributed by atoms with Crippen LogP contribution >= 0.6 is 0 Å². The minimum absolute atomic E-state index is 0. The summed E-state index contributed by atoms with van der Waals surface area (Å²) in [7, 11) is 0. The third-order valence-electron chi connectivity index (χ3n) is 7.43. The summed E-state index contributed by atoms with van der Waals surface area (Å²) in [6.45, 7) is 5.02. The van der Waals surface area contributed by atoms with Crippen LogP contribution in [-0.2, 0) is 9.59 Å². The average Bonchev–Trinajstić information content (AvgIpc) is 2.83. The fourth-order valence-electron chi connectivity index (χ4n) is 4.97. The molecule has 0 spiro atoms. The normalized spacial score (nSPS) is 12.9. The van der Waals surface area contributed by atoms with Gasteiger partial charge in [0, 0.05) is 42.5 Å². The smallest absolute Gasteiger partial charge is 0.325 e. The van der Waals surface area contributed by atoms with Crippen molar-refractivity contribution in [1.29, 1.82) is 0 Å². The van der Waals surface area contributed by atoms with E-state index in [1.807, 2.05) is 0 Å². The number of carboxylic acids is 1. The number of rotatable bonds is 27. The van der Waals surface area contributed by atoms with Crippen molar-refractivity contribution in [3.8, 4) is 0 Å². The molecule has 0 aromatic carbocycles. The van der Waals surface area contributed by atoms with E-state index < -0.39 is 17.4 Å². The van der Waals surface area contributed by atoms with Crippen LogP contribution in [0.2, 0.25) is 0 Å². The van der Waals surface area contributed by atoms with Gasteiger partial charge in [0.25, 0.3) is 0 Å². The maximum atomic E-state index is 12.4. The van der Waals surface area contributed by atoms with Crippen molar-refractivity contribution >= 4 is 41.4 Å². The first-order valence-corrected chi connectivity index (χ1v) is 14.9. The number of amides is 1. The number of unbranched alkanes of at least 4 members (excludes halogenated alkanes) is 18. The molecule has 6 nitrogen and oxygen atoms in total. The maximum absolute atomic E-state index is 12.4. The van der Waals surface area contributed by atoms with Crippen LogP contribution in [0.15, 0.2) is 0 Å². The summed E-state index contributed by atoms with van der Waals surface area (Å²) >= 11 is 0. The standard InChI is InChI=1S/C29H59N3O3.Na/c1-3-5-7-9-11-13-15-17-19-21-24-29(28(34)35,25-23-27(30)33)32(31)26-22-20-18-16-14-12-10-8-6-4-2;/h3-26,31H2,1-2H3,(H2,30,33)(H,34,35);/t29-;/m0./s1. The summed E-state index contributed by atoms with van der Waals surface area (Å²) < 4.78 is 0. The molecule has 0 saturated heterocycles. The number of primary amides is 1. The second-order valence-electron chi connectivity index (χ2n) is 10.6. The van der Waals surface area contributed by atoms with E-state index in [4.69, 9.17) is 11.6 Å². The van der Waals surface area contributed by atoms with E-state index in [2.05, 4.69) is 13.8 Å². The number of hydrogen-bond acceptors (Lipinski definition) is 4. The molecule has 7 heteroatoms. The predicted octanol–water partition coefficient (Wildman–Crippen LogP) is 7.10. The van der Waals surface area contributed by atoms with Crippen LogP contribution in [0.3, 0.4) is 0 Å². The number of carbonyl (C=O) groups excluding carboxylic acids is 1. The molecule has 1 atom stereocenters. The Bertz CT molecular complexity index is 522. The first-order valence-electron chi connectivity index (χ1n) is 14.9. The number of carboxylic acid groups (broad SMARTS) is 1. The van der Waals surface area contributed by atoms with Crippen molar-refractivity contribution in [3.63, 3.8) is 0 Å². The minimum Gasteiger partial charge on any atom is -0.480 e. The van der Waals surface area contributed by atoms with E-state index in [0.717, 1.165) is 32.1 Å². The Morgan fingerprint density at radius 3 is 1.36 bits per heavy atom. The van der Waals surface area contributed by atoms with Crippen molar-refractivity contribution < 1.29 is 14.7 Å². The Labute approximate surface area is 245 Å². The molecule has 0 heterocycles. The molecule has 36 heavy (non-hydrogen) atoms. The van der Waals surface area contributed by atoms with Crippen molar-refractivity contribution in [2.75, 3.05) is 6.54 Å². The fraction of sp³-hybridized carbons (Fsp3) is 0.931. The summed E-state index contributed by atoms with van der Waals surface area (Å²) in [5, 5.41) is 11.6. The van der Waals surface area contributed by atoms with E-state index in [9.17, 15) is 14.7 Å². The van der Waals surface area contributed by atoms with Gasteiger partial charge < -0.3 is 10.8 Å². The van der Waals surface area contributed by atoms with Crippen molar-refractivity contribution in [2.24, 2.45) is 11.6 Å². The van der Waals surface area contributed by atoms with Crippen LogP contribution in [0.1, 0.15) is 162 Å². The Balaban J connectivity index is 0. The zero-order chi connectivity index (χ0) is 26.2. The summed E-state index contributed by atoms with van der Waals surface area (Å²) in [6, 6.07) is 0. The van der Waals surface area contributed by atoms with Crippen LogP contribution in [-0.4, -0.2) is 63.6 Å². The van der Waals surface area contributed by atoms with Crippen LogP contribution in [0.4, 0.5) is 0 Å². The van der Waals surface area contributed by atoms with Gasteiger partial charge in [0.1, 0.15) is 5.54 Å². The fourth-order valence-corrected chi connectivity index (χ4v) is 4.97. The number of nitrogens with two attached hydrogens (primary N) is 2. The van der Waals surface area contributed by atoms with E-state index in [-0.39, 0.29) is 42.4 Å². The molecule has 0 bridgehead atoms. The zero-order valence-corrected chi connectivity index (χ0v) is 26.3. The summed E-state index contributed by atoms with van der Waals surface area (Å²) in [6.07, 6.45) is 24.9. The van der Waals surface area contributed by atoms with Gasteiger partial charge in [-0.2, -0.15) is 0 Å². The maximum Gasteiger partial charge on any atom is 0.325 e. The first kappa shape index (κ1) is 38.0. The molecule has 1 radical (unpaired) electrons. The minimum atomic E-state index is -1.20. The molecule has 0 aromatic heterocycles. The largest absolute Gasteiger partial charge is 0.480 e. The molecule has 0 aliphatic heterocycles. The van der Waals surface area contributed by atoms with E-state index in [0.29, 0.717) is 13.0 Å². The number of hydrazine groups is 1. The summed E-state index contributed by atoms with van der Waals surface area (Å²) in [4.78, 5) is 23.8. The molecule has 209 valence electrons. The number of aliphatic carboxylic acids is 1. The summed E-state index contributed by atoms with van der Waals surface area (Å²) in [5.41, 5.74) is 4.17. The Hall–Kier alpha value is -0.140. The van der Waals surface area contributed by atoms with Crippen molar-refractivity contribution in [2.45, 2.75) is 167 Å². The average molecular weight is 521 g/mol. The molecule has 0 fully saturated rings. The van der Waals surface area contributed by atoms with Gasteiger partial charge in [0.15, 0.2) is 0 Å². The second-order valence-corrected chi connectivity index (χ2v) is 10.6. The monoisotopic (exact) mass is 520 g/mol.